The van der Waals surface area contributed by atoms with E-state index in [4.69, 9.17) is 0 Å². The predicted molar refractivity (Wildman–Crippen MR) is 116 cm³/mol. The molecule has 0 N–H and O–H groups in total. The van der Waals surface area contributed by atoms with E-state index < -0.39 is 0 Å². The van der Waals surface area contributed by atoms with Gasteiger partial charge in [0.1, 0.15) is 0 Å². The van der Waals surface area contributed by atoms with Crippen LogP contribution in [-0.2, 0) is 0 Å². The summed E-state index contributed by atoms with van der Waals surface area (Å²) in [5.41, 5.74) is 2.22. The molecule has 0 aromatic rings. The van der Waals surface area contributed by atoms with E-state index in [1.54, 1.807) is 18.9 Å². The molecule has 0 aromatic heterocycles. The van der Waals surface area contributed by atoms with E-state index in [0.717, 1.165) is 46.6 Å². The molecular weight excluding hydrogens is 316 g/mol. The molecule has 25 heavy (non-hydrogen) atoms. The number of hydrogen-bond donors (Lipinski definition) is 0. The van der Waals surface area contributed by atoms with E-state index in [-0.39, 0.29) is 8.80 Å². The molecule has 0 amide bonds. The number of hydrogen-bond acceptors (Lipinski definition) is 0. The molecule has 2 aliphatic rings. The lowest BCUT2D eigenvalue weighted by Crippen LogP contribution is -2.42. The molecule has 0 spiro atoms. The summed E-state index contributed by atoms with van der Waals surface area (Å²) < 4.78 is 0. The molecule has 2 saturated carbocycles. The Labute approximate surface area is 161 Å². The third-order valence-corrected chi connectivity index (χ3v) is 12.0. The highest BCUT2D eigenvalue weighted by Crippen LogP contribution is 2.53. The van der Waals surface area contributed by atoms with Crippen LogP contribution in [0.3, 0.4) is 0 Å². The van der Waals surface area contributed by atoms with Crippen molar-refractivity contribution < 1.29 is 0 Å². The minimum absolute atomic E-state index is 0.259. The lowest BCUT2D eigenvalue weighted by molar-refractivity contribution is 0.207. The minimum atomic E-state index is -0.259. The van der Waals surface area contributed by atoms with E-state index in [9.17, 15) is 0 Å². The van der Waals surface area contributed by atoms with Gasteiger partial charge in [-0.05, 0) is 59.4 Å². The van der Waals surface area contributed by atoms with E-state index in [0.29, 0.717) is 0 Å². The van der Waals surface area contributed by atoms with E-state index >= 15 is 0 Å². The summed E-state index contributed by atoms with van der Waals surface area (Å²) in [4.78, 5) is 0. The molecule has 147 valence electrons. The maximum atomic E-state index is 2.55. The Balaban J connectivity index is 2.27. The van der Waals surface area contributed by atoms with Gasteiger partial charge in [0.15, 0.2) is 0 Å². The molecule has 0 bridgehead atoms. The van der Waals surface area contributed by atoms with Crippen molar-refractivity contribution in [3.8, 4) is 0 Å². The van der Waals surface area contributed by atoms with E-state index in [1.807, 2.05) is 0 Å². The summed E-state index contributed by atoms with van der Waals surface area (Å²) in [7, 11) is -0.259. The van der Waals surface area contributed by atoms with Gasteiger partial charge in [-0.2, -0.15) is 0 Å². The molecule has 2 rings (SSSR count). The van der Waals surface area contributed by atoms with Crippen LogP contribution in [0.1, 0.15) is 99.8 Å². The first-order valence-electron chi connectivity index (χ1n) is 11.7. The lowest BCUT2D eigenvalue weighted by Gasteiger charge is -2.48. The first-order valence-corrected chi connectivity index (χ1v) is 13.6. The summed E-state index contributed by atoms with van der Waals surface area (Å²) in [6.07, 6.45) is 12.1. The minimum Gasteiger partial charge on any atom is -0.0654 e. The molecule has 2 fully saturated rings. The van der Waals surface area contributed by atoms with Gasteiger partial charge in [0.2, 0.25) is 0 Å². The van der Waals surface area contributed by atoms with Crippen molar-refractivity contribution in [2.75, 3.05) is 0 Å². The zero-order chi connectivity index (χ0) is 18.6. The molecule has 0 aromatic carbocycles. The fourth-order valence-electron chi connectivity index (χ4n) is 6.28. The van der Waals surface area contributed by atoms with Crippen molar-refractivity contribution >= 4 is 8.80 Å². The van der Waals surface area contributed by atoms with Crippen LogP contribution in [0.2, 0.25) is 17.1 Å². The first kappa shape index (κ1) is 21.5. The maximum absolute atomic E-state index is 2.55. The molecule has 0 nitrogen and oxygen atoms in total. The van der Waals surface area contributed by atoms with Gasteiger partial charge in [-0.3, -0.25) is 0 Å². The van der Waals surface area contributed by atoms with Crippen LogP contribution in [0.25, 0.3) is 0 Å². The largest absolute Gasteiger partial charge is 0.0654 e. The van der Waals surface area contributed by atoms with Crippen molar-refractivity contribution in [3.05, 3.63) is 0 Å². The monoisotopic (exact) mass is 363 g/mol. The Morgan fingerprint density at radius 1 is 0.760 bits per heavy atom. The number of rotatable bonds is 7. The molecule has 6 unspecified atom stereocenters. The fraction of sp³-hybridized carbons (Fsp3) is 1.00. The van der Waals surface area contributed by atoms with E-state index in [1.165, 1.54) is 38.5 Å². The molecular formula is C24H47Si. The van der Waals surface area contributed by atoms with Gasteiger partial charge >= 0.3 is 0 Å². The topological polar surface area (TPSA) is 0 Å². The van der Waals surface area contributed by atoms with Gasteiger partial charge < -0.3 is 0 Å². The molecule has 0 saturated heterocycles. The Bertz CT molecular complexity index is 342. The van der Waals surface area contributed by atoms with Gasteiger partial charge in [-0.1, -0.05) is 93.0 Å². The molecule has 0 aliphatic heterocycles. The highest BCUT2D eigenvalue weighted by Gasteiger charge is 2.44. The molecule has 1 radical (unpaired) electrons. The van der Waals surface area contributed by atoms with Crippen molar-refractivity contribution in [2.45, 2.75) is 117 Å². The standard InChI is InChI=1S/C24H47Si/c1-8-9-14-25(23-15-19(6)10-12-21(23)17(2)3)24-16-20(7)11-13-22(24)18(4)5/h17-24H,8-16H2,1-7H3. The average molecular weight is 364 g/mol. The summed E-state index contributed by atoms with van der Waals surface area (Å²) in [5.74, 6) is 5.84. The van der Waals surface area contributed by atoms with Crippen molar-refractivity contribution in [1.82, 2.24) is 0 Å². The average Bonchev–Trinajstić information content (AvgIpc) is 2.55. The molecule has 1 heteroatoms. The van der Waals surface area contributed by atoms with Crippen LogP contribution in [-0.4, -0.2) is 8.80 Å². The lowest BCUT2D eigenvalue weighted by atomic mass is 9.76. The Morgan fingerprint density at radius 2 is 1.20 bits per heavy atom. The molecule has 0 heterocycles. The van der Waals surface area contributed by atoms with Crippen molar-refractivity contribution in [1.29, 1.82) is 0 Å². The van der Waals surface area contributed by atoms with Gasteiger partial charge in [-0.15, -0.1) is 0 Å². The second kappa shape index (κ2) is 9.95. The van der Waals surface area contributed by atoms with Crippen LogP contribution in [0.4, 0.5) is 0 Å². The fourth-order valence-corrected chi connectivity index (χ4v) is 12.0. The smallest absolute Gasteiger partial charge is 0.0551 e. The van der Waals surface area contributed by atoms with Crippen LogP contribution in [0, 0.1) is 35.5 Å². The van der Waals surface area contributed by atoms with Gasteiger partial charge in [0.25, 0.3) is 0 Å². The third kappa shape index (κ3) is 5.60. The Hall–Kier alpha value is 0.217. The SMILES string of the molecule is CCCC[Si](C1CC(C)CCC1C(C)C)C1CC(C)CCC1C(C)C. The van der Waals surface area contributed by atoms with Crippen LogP contribution in [0.5, 0.6) is 0 Å². The van der Waals surface area contributed by atoms with Gasteiger partial charge in [0, 0.05) is 0 Å². The van der Waals surface area contributed by atoms with Gasteiger partial charge in [-0.25, -0.2) is 0 Å². The second-order valence-electron chi connectivity index (χ2n) is 10.5. The normalized spacial score (nSPS) is 37.2. The molecule has 6 atom stereocenters. The molecule has 2 aliphatic carbocycles. The quantitative estimate of drug-likeness (QED) is 0.400. The Kier molecular flexibility index (Phi) is 8.57. The van der Waals surface area contributed by atoms with Crippen LogP contribution >= 0.6 is 0 Å². The zero-order valence-electron chi connectivity index (χ0n) is 18.5. The van der Waals surface area contributed by atoms with Gasteiger partial charge in [0.05, 0.1) is 8.80 Å². The van der Waals surface area contributed by atoms with Crippen LogP contribution in [0.15, 0.2) is 0 Å². The summed E-state index contributed by atoms with van der Waals surface area (Å²) in [5, 5.41) is 0. The summed E-state index contributed by atoms with van der Waals surface area (Å²) in [6, 6.07) is 1.61. The maximum Gasteiger partial charge on any atom is 0.0551 e. The van der Waals surface area contributed by atoms with Crippen molar-refractivity contribution in [3.63, 3.8) is 0 Å². The van der Waals surface area contributed by atoms with Crippen LogP contribution < -0.4 is 0 Å². The first-order chi connectivity index (χ1) is 11.8. The predicted octanol–water partition coefficient (Wildman–Crippen LogP) is 8.21. The third-order valence-electron chi connectivity index (χ3n) is 7.82. The second-order valence-corrected chi connectivity index (χ2v) is 13.7. The summed E-state index contributed by atoms with van der Waals surface area (Å²) in [6.45, 7) is 17.6. The highest BCUT2D eigenvalue weighted by molar-refractivity contribution is 6.62. The Morgan fingerprint density at radius 3 is 1.56 bits per heavy atom. The zero-order valence-corrected chi connectivity index (χ0v) is 19.5. The highest BCUT2D eigenvalue weighted by atomic mass is 28.3. The van der Waals surface area contributed by atoms with Crippen molar-refractivity contribution in [2.24, 2.45) is 35.5 Å². The van der Waals surface area contributed by atoms with E-state index in [2.05, 4.69) is 48.5 Å². The number of unbranched alkanes of at least 4 members (excludes halogenated alkanes) is 1. The summed E-state index contributed by atoms with van der Waals surface area (Å²) >= 11 is 0.